The minimum absolute atomic E-state index is 0.107. The van der Waals surface area contributed by atoms with Gasteiger partial charge in [0.2, 0.25) is 0 Å². The summed E-state index contributed by atoms with van der Waals surface area (Å²) in [6, 6.07) is 14.0. The zero-order chi connectivity index (χ0) is 22.2. The van der Waals surface area contributed by atoms with E-state index in [0.717, 1.165) is 11.3 Å². The van der Waals surface area contributed by atoms with Crippen LogP contribution in [0, 0.1) is 13.8 Å². The predicted molar refractivity (Wildman–Crippen MR) is 118 cm³/mol. The first kappa shape index (κ1) is 21.5. The third-order valence-corrected chi connectivity index (χ3v) is 7.42. The lowest BCUT2D eigenvalue weighted by Crippen LogP contribution is -2.39. The van der Waals surface area contributed by atoms with Gasteiger partial charge in [0.25, 0.3) is 0 Å². The molecule has 0 radical (unpaired) electrons. The summed E-state index contributed by atoms with van der Waals surface area (Å²) in [6.07, 6.45) is 1.08. The molecular formula is C24H25NO5S. The Morgan fingerprint density at radius 2 is 1.97 bits per heavy atom. The smallest absolute Gasteiger partial charge is 0.186 e. The number of nitrogens with zero attached hydrogens (tertiary/aromatic N) is 1. The number of carbonyl (C=O) groups is 1. The van der Waals surface area contributed by atoms with E-state index in [1.54, 1.807) is 30.3 Å². The number of rotatable bonds is 6. The summed E-state index contributed by atoms with van der Waals surface area (Å²) in [5, 5.41) is 0.510. The summed E-state index contributed by atoms with van der Waals surface area (Å²) in [7, 11) is -2.39. The van der Waals surface area contributed by atoms with E-state index in [1.165, 1.54) is 13.2 Å². The number of hydrogen-bond acceptors (Lipinski definition) is 6. The molecule has 162 valence electrons. The Labute approximate surface area is 182 Å². The average Bonchev–Trinajstić information content (AvgIpc) is 3.24. The molecule has 1 aromatic heterocycles. The molecule has 0 saturated carbocycles. The number of methoxy groups -OCH3 is 1. The van der Waals surface area contributed by atoms with Crippen molar-refractivity contribution >= 4 is 26.5 Å². The van der Waals surface area contributed by atoms with Gasteiger partial charge in [0.05, 0.1) is 17.5 Å². The van der Waals surface area contributed by atoms with Crippen LogP contribution in [0.2, 0.25) is 0 Å². The second-order valence-electron chi connectivity index (χ2n) is 7.94. The Kier molecular flexibility index (Phi) is 5.58. The fourth-order valence-electron chi connectivity index (χ4n) is 4.23. The van der Waals surface area contributed by atoms with Gasteiger partial charge in [-0.3, -0.25) is 9.78 Å². The molecule has 1 aliphatic rings. The first-order chi connectivity index (χ1) is 14.8. The molecule has 1 saturated heterocycles. The third-order valence-electron chi connectivity index (χ3n) is 5.75. The Balaban J connectivity index is 1.77. The minimum atomic E-state index is -3.92. The lowest BCUT2D eigenvalue weighted by molar-refractivity contribution is -0.137. The molecule has 0 aliphatic carbocycles. The van der Waals surface area contributed by atoms with Gasteiger partial charge in [-0.2, -0.15) is 0 Å². The topological polar surface area (TPSA) is 82.6 Å². The van der Waals surface area contributed by atoms with Crippen LogP contribution in [-0.4, -0.2) is 38.7 Å². The number of ether oxygens (including phenoxy) is 2. The SMILES string of the molecule is COc1ccc(C)cc1C1(C(=O)CS(=O)(=O)c2cccc3nc(C)ccc23)CCCO1. The monoisotopic (exact) mass is 439 g/mol. The first-order valence-electron chi connectivity index (χ1n) is 10.2. The fourth-order valence-corrected chi connectivity index (χ4v) is 5.75. The van der Waals surface area contributed by atoms with Crippen LogP contribution in [0.5, 0.6) is 5.75 Å². The van der Waals surface area contributed by atoms with Crippen LogP contribution in [-0.2, 0) is 25.0 Å². The van der Waals surface area contributed by atoms with Crippen LogP contribution in [0.25, 0.3) is 10.9 Å². The summed E-state index contributed by atoms with van der Waals surface area (Å²) < 4.78 is 38.2. The van der Waals surface area contributed by atoms with E-state index in [0.29, 0.717) is 41.7 Å². The third kappa shape index (κ3) is 3.83. The standard InChI is InChI=1S/C24H25NO5S/c1-16-8-11-21(29-3)19(14-16)24(12-5-13-30-24)23(26)15-31(27,28)22-7-4-6-20-18(22)10-9-17(2)25-20/h4,6-11,14H,5,12-13,15H2,1-3H3. The van der Waals surface area contributed by atoms with Gasteiger partial charge in [0.1, 0.15) is 11.5 Å². The molecular weight excluding hydrogens is 414 g/mol. The highest BCUT2D eigenvalue weighted by atomic mass is 32.2. The number of benzene rings is 2. The highest BCUT2D eigenvalue weighted by molar-refractivity contribution is 7.92. The van der Waals surface area contributed by atoms with Crippen LogP contribution in [0.15, 0.2) is 53.4 Å². The van der Waals surface area contributed by atoms with Gasteiger partial charge in [-0.25, -0.2) is 8.42 Å². The molecule has 0 N–H and O–H groups in total. The normalized spacial score (nSPS) is 18.9. The molecule has 3 aromatic rings. The molecule has 6 nitrogen and oxygen atoms in total. The number of hydrogen-bond donors (Lipinski definition) is 0. The van der Waals surface area contributed by atoms with E-state index in [4.69, 9.17) is 9.47 Å². The molecule has 1 fully saturated rings. The molecule has 0 bridgehead atoms. The summed E-state index contributed by atoms with van der Waals surface area (Å²) in [6.45, 7) is 4.15. The number of ketones is 1. The fraction of sp³-hybridized carbons (Fsp3) is 0.333. The van der Waals surface area contributed by atoms with Crippen molar-refractivity contribution < 1.29 is 22.7 Å². The largest absolute Gasteiger partial charge is 0.496 e. The Morgan fingerprint density at radius 1 is 1.16 bits per heavy atom. The van der Waals surface area contributed by atoms with Gasteiger partial charge in [-0.05, 0) is 63.1 Å². The van der Waals surface area contributed by atoms with Crippen LogP contribution in [0.3, 0.4) is 0 Å². The maximum Gasteiger partial charge on any atom is 0.186 e. The van der Waals surface area contributed by atoms with Gasteiger partial charge < -0.3 is 9.47 Å². The molecule has 0 spiro atoms. The summed E-state index contributed by atoms with van der Waals surface area (Å²) >= 11 is 0. The zero-order valence-corrected chi connectivity index (χ0v) is 18.7. The molecule has 2 heterocycles. The van der Waals surface area contributed by atoms with Gasteiger partial charge in [-0.15, -0.1) is 0 Å². The zero-order valence-electron chi connectivity index (χ0n) is 17.8. The predicted octanol–water partition coefficient (Wildman–Crippen LogP) is 3.91. The highest BCUT2D eigenvalue weighted by Crippen LogP contribution is 2.42. The minimum Gasteiger partial charge on any atom is -0.496 e. The average molecular weight is 440 g/mol. The van der Waals surface area contributed by atoms with Crippen LogP contribution >= 0.6 is 0 Å². The van der Waals surface area contributed by atoms with E-state index < -0.39 is 27.0 Å². The molecule has 1 unspecified atom stereocenters. The number of carbonyl (C=O) groups excluding carboxylic acids is 1. The van der Waals surface area contributed by atoms with Crippen LogP contribution in [0.1, 0.15) is 29.7 Å². The number of sulfone groups is 1. The summed E-state index contributed by atoms with van der Waals surface area (Å²) in [5.74, 6) is -0.620. The number of aromatic nitrogens is 1. The maximum absolute atomic E-state index is 13.6. The molecule has 0 amide bonds. The van der Waals surface area contributed by atoms with Crippen LogP contribution in [0.4, 0.5) is 0 Å². The van der Waals surface area contributed by atoms with E-state index in [2.05, 4.69) is 4.98 Å². The van der Waals surface area contributed by atoms with Gasteiger partial charge in [0.15, 0.2) is 21.2 Å². The molecule has 7 heteroatoms. The first-order valence-corrected chi connectivity index (χ1v) is 11.8. The number of Topliss-reactive ketones (excluding diaryl/α,β-unsaturated/α-hetero) is 1. The van der Waals surface area contributed by atoms with Gasteiger partial charge >= 0.3 is 0 Å². The van der Waals surface area contributed by atoms with Gasteiger partial charge in [-0.1, -0.05) is 17.7 Å². The Morgan fingerprint density at radius 3 is 2.68 bits per heavy atom. The number of aryl methyl sites for hydroxylation is 2. The second kappa shape index (κ2) is 8.05. The van der Waals surface area contributed by atoms with Crippen molar-refractivity contribution in [2.24, 2.45) is 0 Å². The summed E-state index contributed by atoms with van der Waals surface area (Å²) in [4.78, 5) is 18.1. The van der Waals surface area contributed by atoms with Crippen molar-refractivity contribution in [3.8, 4) is 5.75 Å². The molecule has 1 atom stereocenters. The van der Waals surface area contributed by atoms with Crippen molar-refractivity contribution in [3.63, 3.8) is 0 Å². The van der Waals surface area contributed by atoms with E-state index >= 15 is 0 Å². The lowest BCUT2D eigenvalue weighted by atomic mass is 9.85. The van der Waals surface area contributed by atoms with E-state index in [1.807, 2.05) is 26.0 Å². The molecule has 2 aromatic carbocycles. The second-order valence-corrected chi connectivity index (χ2v) is 9.90. The van der Waals surface area contributed by atoms with E-state index in [-0.39, 0.29) is 4.90 Å². The molecule has 1 aliphatic heterocycles. The quantitative estimate of drug-likeness (QED) is 0.579. The number of fused-ring (bicyclic) bond motifs is 1. The van der Waals surface area contributed by atoms with Crippen molar-refractivity contribution in [1.29, 1.82) is 0 Å². The Hall–Kier alpha value is -2.77. The highest BCUT2D eigenvalue weighted by Gasteiger charge is 2.47. The molecule has 4 rings (SSSR count). The summed E-state index contributed by atoms with van der Waals surface area (Å²) in [5.41, 5.74) is 1.58. The van der Waals surface area contributed by atoms with Gasteiger partial charge in [0, 0.05) is 23.3 Å². The molecule has 31 heavy (non-hydrogen) atoms. The van der Waals surface area contributed by atoms with Crippen molar-refractivity contribution in [2.75, 3.05) is 19.5 Å². The van der Waals surface area contributed by atoms with Crippen molar-refractivity contribution in [2.45, 2.75) is 37.2 Å². The Bertz CT molecular complexity index is 1260. The van der Waals surface area contributed by atoms with Crippen molar-refractivity contribution in [3.05, 3.63) is 65.4 Å². The lowest BCUT2D eigenvalue weighted by Gasteiger charge is -2.29. The van der Waals surface area contributed by atoms with Crippen molar-refractivity contribution in [1.82, 2.24) is 4.98 Å². The maximum atomic E-state index is 13.6. The van der Waals surface area contributed by atoms with E-state index in [9.17, 15) is 13.2 Å². The number of pyridine rings is 1. The van der Waals surface area contributed by atoms with Crippen LogP contribution < -0.4 is 4.74 Å².